The third-order valence-corrected chi connectivity index (χ3v) is 3.81. The van der Waals surface area contributed by atoms with E-state index in [1.165, 1.54) is 18.2 Å². The van der Waals surface area contributed by atoms with Crippen molar-refractivity contribution < 1.29 is 9.72 Å². The molecule has 0 unspecified atom stereocenters. The molecule has 2 rings (SSSR count). The average molecular weight is 371 g/mol. The summed E-state index contributed by atoms with van der Waals surface area (Å²) < 4.78 is 0.832. The van der Waals surface area contributed by atoms with Crippen LogP contribution in [0.1, 0.15) is 16.1 Å². The molecular weight excluding hydrogens is 362 g/mol. The van der Waals surface area contributed by atoms with Gasteiger partial charge in [-0.05, 0) is 47.1 Å². The van der Waals surface area contributed by atoms with Gasteiger partial charge >= 0.3 is 0 Å². The number of aryl methyl sites for hydroxylation is 1. The largest absolute Gasteiger partial charge is 0.307 e. The van der Waals surface area contributed by atoms with Crippen LogP contribution in [0.2, 0.25) is 5.02 Å². The normalized spacial score (nSPS) is 10.2. The number of anilines is 1. The smallest absolute Gasteiger partial charge is 0.287 e. The Morgan fingerprint density at radius 1 is 1.38 bits per heavy atom. The van der Waals surface area contributed by atoms with Crippen LogP contribution in [0.4, 0.5) is 11.5 Å². The molecule has 0 saturated carbocycles. The fraction of sp³-hybridized carbons (Fsp3) is 0.0769. The lowest BCUT2D eigenvalue weighted by atomic mass is 10.2. The summed E-state index contributed by atoms with van der Waals surface area (Å²) in [5.41, 5.74) is 0.702. The van der Waals surface area contributed by atoms with Gasteiger partial charge in [0.05, 0.1) is 10.6 Å². The van der Waals surface area contributed by atoms with Crippen molar-refractivity contribution in [3.05, 3.63) is 61.2 Å². The molecule has 1 aromatic carbocycles. The first-order valence-corrected chi connectivity index (χ1v) is 6.94. The lowest BCUT2D eigenvalue weighted by Gasteiger charge is -2.06. The van der Waals surface area contributed by atoms with Crippen LogP contribution in [0.25, 0.3) is 0 Å². The molecule has 6 nitrogen and oxygen atoms in total. The van der Waals surface area contributed by atoms with E-state index in [9.17, 15) is 14.9 Å². The van der Waals surface area contributed by atoms with Crippen molar-refractivity contribution in [2.75, 3.05) is 5.32 Å². The van der Waals surface area contributed by atoms with E-state index in [0.29, 0.717) is 5.82 Å². The Bertz CT molecular complexity index is 737. The van der Waals surface area contributed by atoms with Crippen LogP contribution in [0.15, 0.2) is 34.8 Å². The molecule has 108 valence electrons. The fourth-order valence-electron chi connectivity index (χ4n) is 1.60. The van der Waals surface area contributed by atoms with Crippen molar-refractivity contribution >= 4 is 44.9 Å². The zero-order chi connectivity index (χ0) is 15.6. The van der Waals surface area contributed by atoms with Crippen LogP contribution in [0, 0.1) is 17.0 Å². The molecule has 1 amide bonds. The maximum Gasteiger partial charge on any atom is 0.287 e. The molecule has 8 heteroatoms. The molecule has 0 spiro atoms. The van der Waals surface area contributed by atoms with E-state index in [-0.39, 0.29) is 16.3 Å². The molecule has 0 aliphatic heterocycles. The molecule has 1 aromatic heterocycles. The van der Waals surface area contributed by atoms with Crippen LogP contribution in [0.5, 0.6) is 0 Å². The van der Waals surface area contributed by atoms with Crippen molar-refractivity contribution in [2.24, 2.45) is 0 Å². The lowest BCUT2D eigenvalue weighted by molar-refractivity contribution is -0.384. The summed E-state index contributed by atoms with van der Waals surface area (Å²) in [6.07, 6.45) is 0. The van der Waals surface area contributed by atoms with Gasteiger partial charge in [-0.1, -0.05) is 11.6 Å². The zero-order valence-corrected chi connectivity index (χ0v) is 13.1. The summed E-state index contributed by atoms with van der Waals surface area (Å²) in [5.74, 6) is -0.0591. The number of amides is 1. The minimum absolute atomic E-state index is 0.0902. The van der Waals surface area contributed by atoms with Crippen molar-refractivity contribution in [3.8, 4) is 0 Å². The minimum Gasteiger partial charge on any atom is -0.307 e. The molecule has 0 aliphatic carbocycles. The zero-order valence-electron chi connectivity index (χ0n) is 10.8. The third kappa shape index (κ3) is 3.56. The number of hydrogen-bond donors (Lipinski definition) is 1. The van der Waals surface area contributed by atoms with Gasteiger partial charge in [0.15, 0.2) is 0 Å². The molecule has 2 aromatic rings. The Morgan fingerprint density at radius 2 is 2.10 bits per heavy atom. The van der Waals surface area contributed by atoms with E-state index < -0.39 is 10.8 Å². The number of halogens is 2. The lowest BCUT2D eigenvalue weighted by Crippen LogP contribution is -2.13. The standard InChI is InChI=1S/C13H9BrClN3O3/c1-7-9(14)3-5-12(16-7)17-13(19)8-2-4-11(18(20)21)10(15)6-8/h2-6H,1H3,(H,16,17,19). The average Bonchev–Trinajstić information content (AvgIpc) is 2.42. The molecule has 0 saturated heterocycles. The molecule has 0 radical (unpaired) electrons. The summed E-state index contributed by atoms with van der Waals surface area (Å²) in [6.45, 7) is 1.79. The number of nitrogens with one attached hydrogen (secondary N) is 1. The first-order valence-electron chi connectivity index (χ1n) is 5.77. The van der Waals surface area contributed by atoms with Crippen molar-refractivity contribution in [3.63, 3.8) is 0 Å². The maximum atomic E-state index is 12.1. The van der Waals surface area contributed by atoms with Gasteiger partial charge in [-0.15, -0.1) is 0 Å². The highest BCUT2D eigenvalue weighted by atomic mass is 79.9. The number of nitrogens with zero attached hydrogens (tertiary/aromatic N) is 2. The van der Waals surface area contributed by atoms with Crippen LogP contribution >= 0.6 is 27.5 Å². The van der Waals surface area contributed by atoms with E-state index in [0.717, 1.165) is 10.2 Å². The van der Waals surface area contributed by atoms with Gasteiger partial charge in [0.25, 0.3) is 11.6 Å². The first-order chi connectivity index (χ1) is 9.88. The Balaban J connectivity index is 2.22. The number of carbonyl (C=O) groups is 1. The minimum atomic E-state index is -0.607. The SMILES string of the molecule is Cc1nc(NC(=O)c2ccc([N+](=O)[O-])c(Cl)c2)ccc1Br. The number of carbonyl (C=O) groups excluding carboxylic acids is 1. The molecule has 0 fully saturated rings. The molecule has 1 N–H and O–H groups in total. The molecule has 21 heavy (non-hydrogen) atoms. The summed E-state index contributed by atoms with van der Waals surface area (Å²) in [6, 6.07) is 7.19. The van der Waals surface area contributed by atoms with E-state index in [1.807, 2.05) is 0 Å². The van der Waals surface area contributed by atoms with Crippen LogP contribution in [-0.2, 0) is 0 Å². The van der Waals surface area contributed by atoms with E-state index in [4.69, 9.17) is 11.6 Å². The van der Waals surface area contributed by atoms with Gasteiger partial charge in [-0.2, -0.15) is 0 Å². The fourth-order valence-corrected chi connectivity index (χ4v) is 2.07. The first kappa shape index (κ1) is 15.4. The Morgan fingerprint density at radius 3 is 2.67 bits per heavy atom. The molecule has 1 heterocycles. The second-order valence-electron chi connectivity index (χ2n) is 4.14. The number of nitro benzene ring substituents is 1. The number of nitro groups is 1. The maximum absolute atomic E-state index is 12.1. The molecular formula is C13H9BrClN3O3. The summed E-state index contributed by atoms with van der Waals surface area (Å²) in [4.78, 5) is 26.3. The molecule has 0 aliphatic rings. The number of rotatable bonds is 3. The second-order valence-corrected chi connectivity index (χ2v) is 5.40. The highest BCUT2D eigenvalue weighted by Gasteiger charge is 2.15. The van der Waals surface area contributed by atoms with Gasteiger partial charge in [0.2, 0.25) is 0 Å². The van der Waals surface area contributed by atoms with Crippen molar-refractivity contribution in [2.45, 2.75) is 6.92 Å². The van der Waals surface area contributed by atoms with E-state index in [1.54, 1.807) is 19.1 Å². The second kappa shape index (κ2) is 6.19. The Hall–Kier alpha value is -1.99. The van der Waals surface area contributed by atoms with Gasteiger partial charge < -0.3 is 5.32 Å². The Kier molecular flexibility index (Phi) is 4.54. The topological polar surface area (TPSA) is 85.1 Å². The molecule has 0 bridgehead atoms. The number of benzene rings is 1. The monoisotopic (exact) mass is 369 g/mol. The van der Waals surface area contributed by atoms with Crippen LogP contribution < -0.4 is 5.32 Å². The quantitative estimate of drug-likeness (QED) is 0.654. The number of pyridine rings is 1. The van der Waals surface area contributed by atoms with Gasteiger partial charge in [0.1, 0.15) is 10.8 Å². The number of hydrogen-bond acceptors (Lipinski definition) is 4. The van der Waals surface area contributed by atoms with E-state index in [2.05, 4.69) is 26.2 Å². The van der Waals surface area contributed by atoms with Crippen LogP contribution in [-0.4, -0.2) is 15.8 Å². The number of aromatic nitrogens is 1. The molecule has 0 atom stereocenters. The van der Waals surface area contributed by atoms with Crippen molar-refractivity contribution in [1.29, 1.82) is 0 Å². The van der Waals surface area contributed by atoms with Crippen molar-refractivity contribution in [1.82, 2.24) is 4.98 Å². The third-order valence-electron chi connectivity index (χ3n) is 2.67. The van der Waals surface area contributed by atoms with Gasteiger partial charge in [0, 0.05) is 16.1 Å². The highest BCUT2D eigenvalue weighted by Crippen LogP contribution is 2.25. The van der Waals surface area contributed by atoms with Crippen LogP contribution in [0.3, 0.4) is 0 Å². The summed E-state index contributed by atoms with van der Waals surface area (Å²) in [7, 11) is 0. The summed E-state index contributed by atoms with van der Waals surface area (Å²) >= 11 is 9.09. The Labute approximate surface area is 133 Å². The predicted octanol–water partition coefficient (Wildman–Crippen LogP) is 3.97. The van der Waals surface area contributed by atoms with Gasteiger partial charge in [-0.3, -0.25) is 14.9 Å². The van der Waals surface area contributed by atoms with E-state index >= 15 is 0 Å². The highest BCUT2D eigenvalue weighted by molar-refractivity contribution is 9.10. The van der Waals surface area contributed by atoms with Gasteiger partial charge in [-0.25, -0.2) is 4.98 Å². The predicted molar refractivity (Wildman–Crippen MR) is 82.7 cm³/mol. The summed E-state index contributed by atoms with van der Waals surface area (Å²) in [5, 5.41) is 13.2.